The third-order valence-electron chi connectivity index (χ3n) is 4.33. The van der Waals surface area contributed by atoms with Gasteiger partial charge in [0.2, 0.25) is 0 Å². The van der Waals surface area contributed by atoms with Crippen molar-refractivity contribution in [3.05, 3.63) is 29.0 Å². The number of para-hydroxylation sites is 1. The number of fused-ring (bicyclic) bond motifs is 1. The van der Waals surface area contributed by atoms with Crippen LogP contribution in [0.1, 0.15) is 31.5 Å². The summed E-state index contributed by atoms with van der Waals surface area (Å²) >= 11 is 6.23. The van der Waals surface area contributed by atoms with Gasteiger partial charge < -0.3 is 9.67 Å². The lowest BCUT2D eigenvalue weighted by atomic mass is 9.95. The number of benzene rings is 1. The number of aromatic nitrogens is 2. The summed E-state index contributed by atoms with van der Waals surface area (Å²) in [7, 11) is 1.92. The first-order valence-corrected chi connectivity index (χ1v) is 7.20. The number of carboxylic acids is 1. The van der Waals surface area contributed by atoms with Crippen LogP contribution in [0.25, 0.3) is 11.0 Å². The molecule has 1 aliphatic rings. The summed E-state index contributed by atoms with van der Waals surface area (Å²) in [6.07, 6.45) is 1.59. The second kappa shape index (κ2) is 4.77. The van der Waals surface area contributed by atoms with E-state index in [1.165, 1.54) is 0 Å². The van der Waals surface area contributed by atoms with E-state index in [0.29, 0.717) is 10.9 Å². The average molecular weight is 293 g/mol. The smallest absolute Gasteiger partial charge is 0.307 e. The van der Waals surface area contributed by atoms with Crippen molar-refractivity contribution in [3.8, 4) is 0 Å². The first kappa shape index (κ1) is 13.4. The van der Waals surface area contributed by atoms with Crippen LogP contribution in [0.4, 0.5) is 0 Å². The minimum absolute atomic E-state index is 0.0315. The molecule has 0 spiro atoms. The number of hydrogen-bond donors (Lipinski definition) is 1. The average Bonchev–Trinajstić information content (AvgIpc) is 2.91. The van der Waals surface area contributed by atoms with E-state index >= 15 is 0 Å². The van der Waals surface area contributed by atoms with Crippen molar-refractivity contribution < 1.29 is 9.90 Å². The van der Waals surface area contributed by atoms with E-state index in [9.17, 15) is 9.90 Å². The van der Waals surface area contributed by atoms with Crippen molar-refractivity contribution in [1.29, 1.82) is 0 Å². The molecule has 0 aliphatic heterocycles. The quantitative estimate of drug-likeness (QED) is 0.922. The summed E-state index contributed by atoms with van der Waals surface area (Å²) in [5.74, 6) is 0.147. The van der Waals surface area contributed by atoms with Gasteiger partial charge in [0.05, 0.1) is 22.0 Å². The van der Waals surface area contributed by atoms with E-state index in [1.807, 2.05) is 29.8 Å². The van der Waals surface area contributed by atoms with E-state index in [2.05, 4.69) is 11.9 Å². The Balaban J connectivity index is 2.12. The highest BCUT2D eigenvalue weighted by Gasteiger charge is 2.40. The molecule has 0 bridgehead atoms. The lowest BCUT2D eigenvalue weighted by molar-refractivity contribution is -0.142. The Morgan fingerprint density at radius 3 is 2.85 bits per heavy atom. The van der Waals surface area contributed by atoms with Gasteiger partial charge in [-0.3, -0.25) is 4.79 Å². The maximum atomic E-state index is 11.5. The zero-order chi connectivity index (χ0) is 14.4. The van der Waals surface area contributed by atoms with Crippen molar-refractivity contribution in [2.45, 2.75) is 25.7 Å². The van der Waals surface area contributed by atoms with Gasteiger partial charge in [-0.25, -0.2) is 4.98 Å². The zero-order valence-electron chi connectivity index (χ0n) is 11.5. The maximum Gasteiger partial charge on any atom is 0.307 e. The fraction of sp³-hybridized carbons (Fsp3) is 0.467. The number of hydrogen-bond acceptors (Lipinski definition) is 2. The summed E-state index contributed by atoms with van der Waals surface area (Å²) in [6, 6.07) is 5.62. The lowest BCUT2D eigenvalue weighted by Crippen LogP contribution is -2.19. The normalized spacial score (nSPS) is 26.2. The Morgan fingerprint density at radius 2 is 2.20 bits per heavy atom. The van der Waals surface area contributed by atoms with Gasteiger partial charge in [0, 0.05) is 13.0 Å². The number of nitrogens with zero attached hydrogens (tertiary/aromatic N) is 2. The number of carbonyl (C=O) groups is 1. The fourth-order valence-electron chi connectivity index (χ4n) is 3.42. The molecule has 0 amide bonds. The van der Waals surface area contributed by atoms with Gasteiger partial charge >= 0.3 is 5.97 Å². The Morgan fingerprint density at radius 1 is 1.45 bits per heavy atom. The van der Waals surface area contributed by atoms with Crippen molar-refractivity contribution in [2.75, 3.05) is 0 Å². The molecule has 1 saturated carbocycles. The first-order valence-electron chi connectivity index (χ1n) is 6.82. The molecular weight excluding hydrogens is 276 g/mol. The fourth-order valence-corrected chi connectivity index (χ4v) is 3.72. The maximum absolute atomic E-state index is 11.5. The molecule has 5 heteroatoms. The van der Waals surface area contributed by atoms with Crippen LogP contribution >= 0.6 is 11.6 Å². The van der Waals surface area contributed by atoms with Crippen molar-refractivity contribution in [1.82, 2.24) is 9.55 Å². The third kappa shape index (κ3) is 1.99. The van der Waals surface area contributed by atoms with Crippen molar-refractivity contribution >= 4 is 28.6 Å². The number of imidazole rings is 1. The van der Waals surface area contributed by atoms with E-state index in [1.54, 1.807) is 0 Å². The summed E-state index contributed by atoms with van der Waals surface area (Å²) in [4.78, 5) is 16.1. The lowest BCUT2D eigenvalue weighted by Gasteiger charge is -2.15. The highest BCUT2D eigenvalue weighted by Crippen LogP contribution is 2.43. The second-order valence-electron chi connectivity index (χ2n) is 5.76. The van der Waals surface area contributed by atoms with Gasteiger partial charge in [0.1, 0.15) is 5.82 Å². The molecule has 1 fully saturated rings. The van der Waals surface area contributed by atoms with Crippen LogP contribution in [-0.2, 0) is 11.8 Å². The number of aryl methyl sites for hydroxylation is 1. The monoisotopic (exact) mass is 292 g/mol. The van der Waals surface area contributed by atoms with Crippen LogP contribution in [0, 0.1) is 11.8 Å². The Labute approximate surface area is 122 Å². The number of rotatable bonds is 2. The number of carboxylic acid groups (broad SMARTS) is 1. The zero-order valence-corrected chi connectivity index (χ0v) is 12.3. The van der Waals surface area contributed by atoms with Crippen LogP contribution < -0.4 is 0 Å². The van der Waals surface area contributed by atoms with Crippen LogP contribution in [0.5, 0.6) is 0 Å². The largest absolute Gasteiger partial charge is 0.481 e. The van der Waals surface area contributed by atoms with Gasteiger partial charge in [-0.05, 0) is 30.9 Å². The Kier molecular flexibility index (Phi) is 3.21. The molecule has 4 nitrogen and oxygen atoms in total. The summed E-state index contributed by atoms with van der Waals surface area (Å²) < 4.78 is 1.95. The molecule has 1 aromatic carbocycles. The van der Waals surface area contributed by atoms with Crippen LogP contribution in [-0.4, -0.2) is 20.6 Å². The van der Waals surface area contributed by atoms with Gasteiger partial charge in [0.15, 0.2) is 0 Å². The summed E-state index contributed by atoms with van der Waals surface area (Å²) in [5, 5.41) is 10.1. The van der Waals surface area contributed by atoms with Crippen LogP contribution in [0.15, 0.2) is 18.2 Å². The molecule has 2 aromatic rings. The Bertz CT molecular complexity index is 680. The van der Waals surface area contributed by atoms with E-state index in [0.717, 1.165) is 29.7 Å². The van der Waals surface area contributed by atoms with Gasteiger partial charge in [-0.1, -0.05) is 24.6 Å². The molecule has 1 heterocycles. The molecule has 3 rings (SSSR count). The minimum Gasteiger partial charge on any atom is -0.481 e. The second-order valence-corrected chi connectivity index (χ2v) is 6.17. The predicted octanol–water partition coefficient (Wildman–Crippen LogP) is 3.44. The standard InChI is InChI=1S/C15H17ClN2O2/c1-8-6-9(10(7-8)15(19)20)14-17-12-5-3-4-11(16)13(12)18(14)2/h3-5,8-10H,6-7H2,1-2H3,(H,19,20). The van der Waals surface area contributed by atoms with Gasteiger partial charge in [0.25, 0.3) is 0 Å². The molecule has 1 N–H and O–H groups in total. The van der Waals surface area contributed by atoms with Gasteiger partial charge in [-0.2, -0.15) is 0 Å². The minimum atomic E-state index is -0.725. The SMILES string of the molecule is CC1CC(C(=O)O)C(c2nc3cccc(Cl)c3n2C)C1. The molecule has 0 saturated heterocycles. The molecule has 3 unspecified atom stereocenters. The molecule has 1 aliphatic carbocycles. The molecule has 0 radical (unpaired) electrons. The van der Waals surface area contributed by atoms with Crippen molar-refractivity contribution in [3.63, 3.8) is 0 Å². The first-order chi connectivity index (χ1) is 9.49. The number of aliphatic carboxylic acids is 1. The Hall–Kier alpha value is -1.55. The molecule has 106 valence electrons. The molecule has 20 heavy (non-hydrogen) atoms. The number of halogens is 1. The van der Waals surface area contributed by atoms with E-state index in [-0.39, 0.29) is 11.8 Å². The molecule has 3 atom stereocenters. The van der Waals surface area contributed by atoms with E-state index < -0.39 is 5.97 Å². The molecule has 1 aromatic heterocycles. The van der Waals surface area contributed by atoms with Crippen molar-refractivity contribution in [2.24, 2.45) is 18.9 Å². The summed E-state index contributed by atoms with van der Waals surface area (Å²) in [6.45, 7) is 2.10. The molecular formula is C15H17ClN2O2. The van der Waals surface area contributed by atoms with Gasteiger partial charge in [-0.15, -0.1) is 0 Å². The van der Waals surface area contributed by atoms with Crippen LogP contribution in [0.3, 0.4) is 0 Å². The highest BCUT2D eigenvalue weighted by molar-refractivity contribution is 6.35. The topological polar surface area (TPSA) is 55.1 Å². The van der Waals surface area contributed by atoms with Crippen LogP contribution in [0.2, 0.25) is 5.02 Å². The third-order valence-corrected chi connectivity index (χ3v) is 4.63. The summed E-state index contributed by atoms with van der Waals surface area (Å²) in [5.41, 5.74) is 1.71. The highest BCUT2D eigenvalue weighted by atomic mass is 35.5. The predicted molar refractivity (Wildman–Crippen MR) is 78.0 cm³/mol. The van der Waals surface area contributed by atoms with E-state index in [4.69, 9.17) is 11.6 Å².